The van der Waals surface area contributed by atoms with Crippen molar-refractivity contribution in [1.82, 2.24) is 19.9 Å². The van der Waals surface area contributed by atoms with E-state index in [0.29, 0.717) is 35.8 Å². The maximum atomic E-state index is 13.8. The number of hydrogen-bond acceptors (Lipinski definition) is 7. The van der Waals surface area contributed by atoms with E-state index in [1.54, 1.807) is 19.2 Å². The topological polar surface area (TPSA) is 94.0 Å². The van der Waals surface area contributed by atoms with Crippen molar-refractivity contribution in [1.29, 1.82) is 5.26 Å². The van der Waals surface area contributed by atoms with E-state index >= 15 is 0 Å². The number of anilines is 2. The third kappa shape index (κ3) is 5.95. The van der Waals surface area contributed by atoms with E-state index in [0.717, 1.165) is 56.1 Å². The fourth-order valence-corrected chi connectivity index (χ4v) is 6.82. The summed E-state index contributed by atoms with van der Waals surface area (Å²) in [5.74, 6) is 0.630. The lowest BCUT2D eigenvalue weighted by Gasteiger charge is -2.34. The maximum Gasteiger partial charge on any atom is 0.419 e. The number of ether oxygens (including phenoxy) is 1. The van der Waals surface area contributed by atoms with E-state index in [9.17, 15) is 18.4 Å². The van der Waals surface area contributed by atoms with E-state index in [4.69, 9.17) is 14.7 Å². The fraction of sp³-hybridized carbons (Fsp3) is 0.455. The molecule has 0 amide bonds. The van der Waals surface area contributed by atoms with Gasteiger partial charge >= 0.3 is 6.18 Å². The molecule has 4 aromatic rings. The third-order valence-electron chi connectivity index (χ3n) is 9.00. The molecule has 2 aliphatic rings. The summed E-state index contributed by atoms with van der Waals surface area (Å²) < 4.78 is 47.1. The summed E-state index contributed by atoms with van der Waals surface area (Å²) in [7, 11) is 3.71. The number of hydrogen-bond donors (Lipinski definition) is 1. The zero-order valence-corrected chi connectivity index (χ0v) is 25.0. The van der Waals surface area contributed by atoms with Gasteiger partial charge in [-0.05, 0) is 68.5 Å². The fourth-order valence-electron chi connectivity index (χ4n) is 6.82. The van der Waals surface area contributed by atoms with E-state index < -0.39 is 17.4 Å². The molecular weight excluding hydrogens is 567 g/mol. The van der Waals surface area contributed by atoms with Crippen LogP contribution in [-0.2, 0) is 10.9 Å². The zero-order chi connectivity index (χ0) is 30.9. The number of nitrogens with one attached hydrogen (secondary N) is 1. The zero-order valence-electron chi connectivity index (χ0n) is 25.0. The van der Waals surface area contributed by atoms with Gasteiger partial charge in [0.25, 0.3) is 0 Å². The number of nitriles is 1. The van der Waals surface area contributed by atoms with Crippen LogP contribution in [0, 0.1) is 16.7 Å². The van der Waals surface area contributed by atoms with Crippen LogP contribution >= 0.6 is 0 Å². The normalized spacial score (nSPS) is 16.8. The summed E-state index contributed by atoms with van der Waals surface area (Å²) in [5.41, 5.74) is 2.63. The smallest absolute Gasteiger partial charge is 0.384 e. The molecule has 11 heteroatoms. The Morgan fingerprint density at radius 2 is 1.75 bits per heavy atom. The Kier molecular flexibility index (Phi) is 8.20. The van der Waals surface area contributed by atoms with Gasteiger partial charge in [-0.25, -0.2) is 15.0 Å². The monoisotopic (exact) mass is 603 g/mol. The Bertz CT molecular complexity index is 1660. The van der Waals surface area contributed by atoms with Crippen molar-refractivity contribution in [2.75, 3.05) is 50.2 Å². The highest BCUT2D eigenvalue weighted by Gasteiger charge is 2.37. The van der Waals surface area contributed by atoms with Crippen LogP contribution in [0.2, 0.25) is 0 Å². The average molecular weight is 604 g/mol. The van der Waals surface area contributed by atoms with Crippen molar-refractivity contribution >= 4 is 22.5 Å². The summed E-state index contributed by atoms with van der Waals surface area (Å²) in [6, 6.07) is 12.6. The molecule has 8 nitrogen and oxygen atoms in total. The number of fused-ring (bicyclic) bond motifs is 1. The maximum absolute atomic E-state index is 13.8. The quantitative estimate of drug-likeness (QED) is 0.227. The molecule has 1 N–H and O–H groups in total. The van der Waals surface area contributed by atoms with Crippen LogP contribution < -0.4 is 9.80 Å². The summed E-state index contributed by atoms with van der Waals surface area (Å²) in [6.45, 7) is 3.44. The van der Waals surface area contributed by atoms with Crippen LogP contribution in [0.25, 0.3) is 33.8 Å². The van der Waals surface area contributed by atoms with Crippen LogP contribution in [0.4, 0.5) is 24.5 Å². The first-order valence-corrected chi connectivity index (χ1v) is 15.1. The van der Waals surface area contributed by atoms with E-state index in [-0.39, 0.29) is 11.0 Å². The van der Waals surface area contributed by atoms with Gasteiger partial charge in [0, 0.05) is 62.2 Å². The van der Waals surface area contributed by atoms with Crippen LogP contribution in [0.1, 0.15) is 56.2 Å². The SMILES string of the molecule is COCC1(CN(C)c2cc(-c3cnc(C#N)c(C(F)(F)F)c3)nc3nc(-c4ccc(N5CCCCC5)cc4)[nH]c23)CCCC1. The molecule has 0 bridgehead atoms. The molecule has 44 heavy (non-hydrogen) atoms. The number of imidazole rings is 1. The lowest BCUT2D eigenvalue weighted by Crippen LogP contribution is -2.37. The molecule has 1 saturated heterocycles. The second-order valence-electron chi connectivity index (χ2n) is 12.1. The molecule has 1 aliphatic carbocycles. The standard InChI is InChI=1S/C33H36F3N7O/c1-42(20-32(21-44-2)12-4-5-13-32)28-17-26(23-16-25(33(34,35)36)27(18-37)38-19-23)39-31-29(28)40-30(41-31)22-8-10-24(11-9-22)43-14-6-3-7-15-43/h8-11,16-17,19H,3-7,12-15,20-21H2,1-2H3,(H,39,40,41). The van der Waals surface area contributed by atoms with Gasteiger partial charge in [0.15, 0.2) is 11.3 Å². The van der Waals surface area contributed by atoms with Crippen molar-refractivity contribution in [3.05, 3.63) is 53.9 Å². The lowest BCUT2D eigenvalue weighted by atomic mass is 9.86. The Morgan fingerprint density at radius 1 is 1.02 bits per heavy atom. The highest BCUT2D eigenvalue weighted by Crippen LogP contribution is 2.41. The Hall–Kier alpha value is -4.17. The van der Waals surface area contributed by atoms with Crippen molar-refractivity contribution in [2.24, 2.45) is 5.41 Å². The number of halogens is 3. The number of alkyl halides is 3. The number of nitrogens with zero attached hydrogens (tertiary/aromatic N) is 6. The third-order valence-corrected chi connectivity index (χ3v) is 9.00. The second kappa shape index (κ2) is 12.1. The number of benzene rings is 1. The molecule has 1 saturated carbocycles. The van der Waals surface area contributed by atoms with Gasteiger partial charge in [0.2, 0.25) is 0 Å². The first-order valence-electron chi connectivity index (χ1n) is 15.1. The second-order valence-corrected chi connectivity index (χ2v) is 12.1. The van der Waals surface area contributed by atoms with Gasteiger partial charge in [0.1, 0.15) is 17.4 Å². The Morgan fingerprint density at radius 3 is 2.41 bits per heavy atom. The van der Waals surface area contributed by atoms with Crippen molar-refractivity contribution in [3.63, 3.8) is 0 Å². The summed E-state index contributed by atoms with van der Waals surface area (Å²) in [5, 5.41) is 9.25. The van der Waals surface area contributed by atoms with Gasteiger partial charge in [-0.3, -0.25) is 0 Å². The minimum Gasteiger partial charge on any atom is -0.384 e. The van der Waals surface area contributed by atoms with Crippen molar-refractivity contribution < 1.29 is 17.9 Å². The van der Waals surface area contributed by atoms with Crippen LogP contribution in [0.5, 0.6) is 0 Å². The minimum atomic E-state index is -4.73. The number of methoxy groups -OCH3 is 1. The number of piperidine rings is 1. The minimum absolute atomic E-state index is 0.0220. The largest absolute Gasteiger partial charge is 0.419 e. The molecule has 0 radical (unpaired) electrons. The van der Waals surface area contributed by atoms with Gasteiger partial charge in [-0.1, -0.05) is 12.8 Å². The Labute approximate surface area is 254 Å². The predicted octanol–water partition coefficient (Wildman–Crippen LogP) is 7.21. The predicted molar refractivity (Wildman–Crippen MR) is 164 cm³/mol. The van der Waals surface area contributed by atoms with E-state index in [1.807, 2.05) is 19.2 Å². The number of rotatable bonds is 8. The van der Waals surface area contributed by atoms with Crippen molar-refractivity contribution in [3.8, 4) is 28.7 Å². The lowest BCUT2D eigenvalue weighted by molar-refractivity contribution is -0.138. The molecule has 0 unspecified atom stereocenters. The first-order chi connectivity index (χ1) is 21.2. The summed E-state index contributed by atoms with van der Waals surface area (Å²) >= 11 is 0. The molecular formula is C33H36F3N7O. The summed E-state index contributed by atoms with van der Waals surface area (Å²) in [6.07, 6.45) is 4.54. The first kappa shape index (κ1) is 29.9. The molecule has 0 atom stereocenters. The van der Waals surface area contributed by atoms with Crippen molar-refractivity contribution in [2.45, 2.75) is 51.1 Å². The number of H-pyrrole nitrogens is 1. The summed E-state index contributed by atoms with van der Waals surface area (Å²) in [4.78, 5) is 21.3. The molecule has 2 fully saturated rings. The van der Waals surface area contributed by atoms with Crippen LogP contribution in [0.3, 0.4) is 0 Å². The van der Waals surface area contributed by atoms with Gasteiger partial charge in [-0.15, -0.1) is 0 Å². The molecule has 0 spiro atoms. The number of pyridine rings is 2. The van der Waals surface area contributed by atoms with Crippen LogP contribution in [-0.4, -0.2) is 60.3 Å². The van der Waals surface area contributed by atoms with E-state index in [1.165, 1.54) is 31.1 Å². The van der Waals surface area contributed by atoms with Gasteiger partial charge < -0.3 is 19.5 Å². The molecule has 1 aromatic carbocycles. The number of aromatic nitrogens is 4. The highest BCUT2D eigenvalue weighted by atomic mass is 19.4. The molecule has 4 heterocycles. The molecule has 3 aromatic heterocycles. The molecule has 230 valence electrons. The van der Waals surface area contributed by atoms with E-state index in [2.05, 4.69) is 31.9 Å². The number of aromatic amines is 1. The highest BCUT2D eigenvalue weighted by molar-refractivity contribution is 5.91. The van der Waals surface area contributed by atoms with Gasteiger partial charge in [-0.2, -0.15) is 18.4 Å². The Balaban J connectivity index is 1.43. The molecule has 6 rings (SSSR count). The van der Waals surface area contributed by atoms with Gasteiger partial charge in [0.05, 0.1) is 23.6 Å². The van der Waals surface area contributed by atoms with Crippen LogP contribution in [0.15, 0.2) is 42.6 Å². The molecule has 1 aliphatic heterocycles. The average Bonchev–Trinajstić information content (AvgIpc) is 3.68.